The van der Waals surface area contributed by atoms with Gasteiger partial charge in [-0.3, -0.25) is 4.79 Å². The summed E-state index contributed by atoms with van der Waals surface area (Å²) in [4.78, 5) is 12.7. The molecular formula is C19H17ClFN3O. The molecule has 0 spiro atoms. The van der Waals surface area contributed by atoms with Crippen LogP contribution in [0.3, 0.4) is 0 Å². The fraction of sp³-hybridized carbons (Fsp3) is 0.158. The molecule has 1 N–H and O–H groups in total. The molecule has 2 aromatic carbocycles. The Morgan fingerprint density at radius 3 is 2.80 bits per heavy atom. The molecule has 0 fully saturated rings. The number of carbonyl (C=O) groups excluding carboxylic acids is 1. The molecule has 4 nitrogen and oxygen atoms in total. The van der Waals surface area contributed by atoms with Gasteiger partial charge in [0.15, 0.2) is 0 Å². The summed E-state index contributed by atoms with van der Waals surface area (Å²) in [6.07, 6.45) is 2.13. The second-order valence-electron chi connectivity index (χ2n) is 5.66. The highest BCUT2D eigenvalue weighted by molar-refractivity contribution is 6.30. The Bertz CT molecular complexity index is 936. The number of aryl methyl sites for hydroxylation is 1. The van der Waals surface area contributed by atoms with Gasteiger partial charge >= 0.3 is 0 Å². The van der Waals surface area contributed by atoms with Crippen molar-refractivity contribution in [2.45, 2.75) is 20.3 Å². The third kappa shape index (κ3) is 3.56. The fourth-order valence-electron chi connectivity index (χ4n) is 2.65. The topological polar surface area (TPSA) is 46.9 Å². The van der Waals surface area contributed by atoms with Gasteiger partial charge in [-0.25, -0.2) is 9.07 Å². The van der Waals surface area contributed by atoms with Crippen LogP contribution in [0.15, 0.2) is 48.7 Å². The van der Waals surface area contributed by atoms with Crippen LogP contribution < -0.4 is 5.32 Å². The molecule has 0 aliphatic carbocycles. The number of halogens is 2. The van der Waals surface area contributed by atoms with Gasteiger partial charge in [-0.1, -0.05) is 30.7 Å². The first-order chi connectivity index (χ1) is 12.0. The molecule has 0 bridgehead atoms. The minimum Gasteiger partial charge on any atom is -0.322 e. The maximum absolute atomic E-state index is 13.4. The summed E-state index contributed by atoms with van der Waals surface area (Å²) >= 11 is 6.04. The minimum atomic E-state index is -0.397. The first kappa shape index (κ1) is 17.2. The molecule has 0 saturated carbocycles. The van der Waals surface area contributed by atoms with Crippen LogP contribution in [-0.4, -0.2) is 15.7 Å². The number of hydrogen-bond acceptors (Lipinski definition) is 2. The number of anilines is 1. The SMILES string of the molecule is CCc1c(C(=O)Nc2cc(F)ccc2C)cnn1-c1cccc(Cl)c1. The second-order valence-corrected chi connectivity index (χ2v) is 6.10. The van der Waals surface area contributed by atoms with E-state index in [2.05, 4.69) is 10.4 Å². The number of benzene rings is 2. The van der Waals surface area contributed by atoms with Gasteiger partial charge in [0.25, 0.3) is 5.91 Å². The first-order valence-corrected chi connectivity index (χ1v) is 8.27. The summed E-state index contributed by atoms with van der Waals surface area (Å²) in [5.41, 5.74) is 3.22. The quantitative estimate of drug-likeness (QED) is 0.729. The van der Waals surface area contributed by atoms with Crippen LogP contribution in [0.2, 0.25) is 5.02 Å². The molecule has 128 valence electrons. The Labute approximate surface area is 150 Å². The largest absolute Gasteiger partial charge is 0.322 e. The van der Waals surface area contributed by atoms with Crippen molar-refractivity contribution in [1.82, 2.24) is 9.78 Å². The van der Waals surface area contributed by atoms with Crippen molar-refractivity contribution in [2.24, 2.45) is 0 Å². The molecule has 0 aliphatic rings. The van der Waals surface area contributed by atoms with Crippen molar-refractivity contribution < 1.29 is 9.18 Å². The van der Waals surface area contributed by atoms with Crippen molar-refractivity contribution in [1.29, 1.82) is 0 Å². The van der Waals surface area contributed by atoms with Crippen LogP contribution in [-0.2, 0) is 6.42 Å². The molecular weight excluding hydrogens is 341 g/mol. The van der Waals surface area contributed by atoms with E-state index in [4.69, 9.17) is 11.6 Å². The molecule has 1 heterocycles. The average Bonchev–Trinajstić information content (AvgIpc) is 3.02. The van der Waals surface area contributed by atoms with E-state index in [0.29, 0.717) is 22.7 Å². The van der Waals surface area contributed by atoms with Crippen LogP contribution in [0.1, 0.15) is 28.5 Å². The van der Waals surface area contributed by atoms with Crippen molar-refractivity contribution in [3.05, 3.63) is 76.3 Å². The lowest BCUT2D eigenvalue weighted by atomic mass is 10.1. The Morgan fingerprint density at radius 2 is 2.08 bits per heavy atom. The van der Waals surface area contributed by atoms with Crippen molar-refractivity contribution in [3.8, 4) is 5.69 Å². The van der Waals surface area contributed by atoms with Gasteiger partial charge in [0.2, 0.25) is 0 Å². The molecule has 0 saturated heterocycles. The summed E-state index contributed by atoms with van der Waals surface area (Å²) in [7, 11) is 0. The van der Waals surface area contributed by atoms with Crippen molar-refractivity contribution in [2.75, 3.05) is 5.32 Å². The fourth-order valence-corrected chi connectivity index (χ4v) is 2.84. The van der Waals surface area contributed by atoms with Crippen LogP contribution in [0.5, 0.6) is 0 Å². The van der Waals surface area contributed by atoms with E-state index in [1.54, 1.807) is 22.9 Å². The average molecular weight is 358 g/mol. The van der Waals surface area contributed by atoms with E-state index < -0.39 is 5.82 Å². The normalized spacial score (nSPS) is 10.7. The van der Waals surface area contributed by atoms with Gasteiger partial charge in [0.1, 0.15) is 5.82 Å². The molecule has 3 aromatic rings. The second kappa shape index (κ2) is 7.07. The highest BCUT2D eigenvalue weighted by atomic mass is 35.5. The monoisotopic (exact) mass is 357 g/mol. The van der Waals surface area contributed by atoms with Gasteiger partial charge in [-0.2, -0.15) is 5.10 Å². The summed E-state index contributed by atoms with van der Waals surface area (Å²) in [5.74, 6) is -0.718. The Morgan fingerprint density at radius 1 is 1.28 bits per heavy atom. The first-order valence-electron chi connectivity index (χ1n) is 7.90. The van der Waals surface area contributed by atoms with E-state index in [-0.39, 0.29) is 5.91 Å². The lowest BCUT2D eigenvalue weighted by Crippen LogP contribution is -2.15. The zero-order valence-corrected chi connectivity index (χ0v) is 14.6. The maximum Gasteiger partial charge on any atom is 0.259 e. The number of rotatable bonds is 4. The predicted molar refractivity (Wildman–Crippen MR) is 97.0 cm³/mol. The molecule has 6 heteroatoms. The number of carbonyl (C=O) groups is 1. The van der Waals surface area contributed by atoms with E-state index in [9.17, 15) is 9.18 Å². The number of nitrogens with one attached hydrogen (secondary N) is 1. The lowest BCUT2D eigenvalue weighted by Gasteiger charge is -2.10. The predicted octanol–water partition coefficient (Wildman–Crippen LogP) is 4.79. The van der Waals surface area contributed by atoms with Gasteiger partial charge in [0, 0.05) is 10.7 Å². The highest BCUT2D eigenvalue weighted by Crippen LogP contribution is 2.21. The maximum atomic E-state index is 13.4. The Kier molecular flexibility index (Phi) is 4.86. The van der Waals surface area contributed by atoms with Crippen molar-refractivity contribution >= 4 is 23.2 Å². The van der Waals surface area contributed by atoms with E-state index in [1.807, 2.05) is 26.0 Å². The molecule has 0 unspecified atom stereocenters. The number of amides is 1. The number of nitrogens with zero attached hydrogens (tertiary/aromatic N) is 2. The van der Waals surface area contributed by atoms with E-state index in [0.717, 1.165) is 16.9 Å². The summed E-state index contributed by atoms with van der Waals surface area (Å²) in [5, 5.41) is 7.68. The van der Waals surface area contributed by atoms with Gasteiger partial charge in [-0.05, 0) is 49.2 Å². The minimum absolute atomic E-state index is 0.321. The molecule has 0 radical (unpaired) electrons. The van der Waals surface area contributed by atoms with E-state index in [1.165, 1.54) is 18.3 Å². The Hall–Kier alpha value is -2.66. The van der Waals surface area contributed by atoms with E-state index >= 15 is 0 Å². The molecule has 0 aliphatic heterocycles. The van der Waals surface area contributed by atoms with Gasteiger partial charge in [-0.15, -0.1) is 0 Å². The summed E-state index contributed by atoms with van der Waals surface area (Å²) < 4.78 is 15.1. The van der Waals surface area contributed by atoms with Crippen LogP contribution in [0.25, 0.3) is 5.69 Å². The third-order valence-electron chi connectivity index (χ3n) is 3.95. The molecule has 0 atom stereocenters. The molecule has 1 amide bonds. The molecule has 3 rings (SSSR count). The van der Waals surface area contributed by atoms with Crippen LogP contribution in [0.4, 0.5) is 10.1 Å². The summed E-state index contributed by atoms with van der Waals surface area (Å²) in [6, 6.07) is 11.6. The zero-order chi connectivity index (χ0) is 18.0. The Balaban J connectivity index is 1.95. The highest BCUT2D eigenvalue weighted by Gasteiger charge is 2.18. The smallest absolute Gasteiger partial charge is 0.259 e. The van der Waals surface area contributed by atoms with Crippen LogP contribution >= 0.6 is 11.6 Å². The zero-order valence-electron chi connectivity index (χ0n) is 13.9. The summed E-state index contributed by atoms with van der Waals surface area (Å²) in [6.45, 7) is 3.76. The third-order valence-corrected chi connectivity index (χ3v) is 4.18. The lowest BCUT2D eigenvalue weighted by molar-refractivity contribution is 0.102. The van der Waals surface area contributed by atoms with Gasteiger partial charge in [0.05, 0.1) is 23.1 Å². The van der Waals surface area contributed by atoms with Crippen molar-refractivity contribution in [3.63, 3.8) is 0 Å². The van der Waals surface area contributed by atoms with Gasteiger partial charge < -0.3 is 5.32 Å². The molecule has 1 aromatic heterocycles. The standard InChI is InChI=1S/C19H17ClFN3O/c1-3-18-16(11-22-24(18)15-6-4-5-13(20)9-15)19(25)23-17-10-14(21)8-7-12(17)2/h4-11H,3H2,1-2H3,(H,23,25). The van der Waals surface area contributed by atoms with Crippen LogP contribution in [0, 0.1) is 12.7 Å². The number of hydrogen-bond donors (Lipinski definition) is 1. The number of aromatic nitrogens is 2. The molecule has 25 heavy (non-hydrogen) atoms.